The third kappa shape index (κ3) is 4.90. The maximum Gasteiger partial charge on any atom is 0.148 e. The van der Waals surface area contributed by atoms with Gasteiger partial charge in [0, 0.05) is 44.9 Å². The average molecular weight is 531 g/mol. The Morgan fingerprint density at radius 3 is 2.04 bits per heavy atom. The van der Waals surface area contributed by atoms with Crippen LogP contribution in [-0.2, 0) is 0 Å². The lowest BCUT2D eigenvalue weighted by Crippen LogP contribution is -2.14. The Balaban J connectivity index is 2.33. The monoisotopic (exact) mass is 531 g/mol. The lowest BCUT2D eigenvalue weighted by atomic mass is 9.82. The van der Waals surface area contributed by atoms with Crippen LogP contribution < -0.4 is 0 Å². The first-order chi connectivity index (χ1) is 10.5. The summed E-state index contributed by atoms with van der Waals surface area (Å²) in [4.78, 5) is 0. The van der Waals surface area contributed by atoms with E-state index in [9.17, 15) is 0 Å². The van der Waals surface area contributed by atoms with E-state index in [0.29, 0.717) is 3.92 Å². The highest BCUT2D eigenvalue weighted by Gasteiger charge is 2.26. The van der Waals surface area contributed by atoms with Gasteiger partial charge in [-0.2, -0.15) is 0 Å². The summed E-state index contributed by atoms with van der Waals surface area (Å²) >= 11 is 4.97. The van der Waals surface area contributed by atoms with Crippen molar-refractivity contribution < 1.29 is 0 Å². The first-order valence-corrected chi connectivity index (χ1v) is 10.3. The second-order valence-electron chi connectivity index (χ2n) is 8.13. The molecule has 0 aromatic heterocycles. The van der Waals surface area contributed by atoms with Crippen LogP contribution in [0.5, 0.6) is 0 Å². The van der Waals surface area contributed by atoms with Crippen LogP contribution in [-0.4, -0.2) is 3.92 Å². The van der Waals surface area contributed by atoms with Crippen LogP contribution in [0.3, 0.4) is 0 Å². The Kier molecular flexibility index (Phi) is 5.80. The SMILES string of the molecule is CC(C)(C)C1=C[CH+]C(=C=C2C(I)=CC(C(C)(C)C)=CC2I)C=C1. The standard InChI is InChI=1S/C21H25I2/c1-20(2,3)15-9-7-14(8-10-15)11-17-18(22)12-16(13-19(17)23)21(4,5)6/h7-10,12-13,18H,1-6H3/q+1. The minimum atomic E-state index is 0.194. The van der Waals surface area contributed by atoms with Crippen molar-refractivity contribution in [2.75, 3.05) is 0 Å². The van der Waals surface area contributed by atoms with E-state index in [1.54, 1.807) is 0 Å². The van der Waals surface area contributed by atoms with Crippen LogP contribution >= 0.6 is 45.2 Å². The highest BCUT2D eigenvalue weighted by molar-refractivity contribution is 14.1. The second-order valence-corrected chi connectivity index (χ2v) is 10.6. The molecule has 0 bridgehead atoms. The fraction of sp³-hybridized carbons (Fsp3) is 0.429. The molecular weight excluding hydrogens is 506 g/mol. The zero-order valence-corrected chi connectivity index (χ0v) is 19.1. The van der Waals surface area contributed by atoms with Gasteiger partial charge in [-0.25, -0.2) is 0 Å². The topological polar surface area (TPSA) is 0 Å². The minimum absolute atomic E-state index is 0.194. The van der Waals surface area contributed by atoms with E-state index in [4.69, 9.17) is 0 Å². The Labute approximate surface area is 168 Å². The third-order valence-corrected chi connectivity index (χ3v) is 5.91. The third-order valence-electron chi connectivity index (χ3n) is 4.04. The summed E-state index contributed by atoms with van der Waals surface area (Å²) in [6, 6.07) is 0. The molecule has 0 saturated carbocycles. The van der Waals surface area contributed by atoms with Gasteiger partial charge in [-0.15, -0.1) is 0 Å². The Morgan fingerprint density at radius 2 is 1.61 bits per heavy atom. The molecule has 2 aliphatic rings. The zero-order chi connectivity index (χ0) is 17.4. The van der Waals surface area contributed by atoms with Crippen molar-refractivity contribution in [2.24, 2.45) is 10.8 Å². The van der Waals surface area contributed by atoms with Gasteiger partial charge in [0.15, 0.2) is 0 Å². The van der Waals surface area contributed by atoms with Gasteiger partial charge in [0.1, 0.15) is 5.57 Å². The van der Waals surface area contributed by atoms with Crippen LogP contribution in [0.2, 0.25) is 0 Å². The Morgan fingerprint density at radius 1 is 1.00 bits per heavy atom. The molecule has 0 spiro atoms. The molecule has 0 amide bonds. The van der Waals surface area contributed by atoms with Gasteiger partial charge in [0.2, 0.25) is 0 Å². The number of halogens is 2. The largest absolute Gasteiger partial charge is 0.148 e. The summed E-state index contributed by atoms with van der Waals surface area (Å²) < 4.78 is 1.68. The quantitative estimate of drug-likeness (QED) is 0.133. The molecule has 0 fully saturated rings. The van der Waals surface area contributed by atoms with E-state index in [2.05, 4.69) is 129 Å². The van der Waals surface area contributed by atoms with Gasteiger partial charge in [0.25, 0.3) is 0 Å². The number of alkyl halides is 1. The molecule has 0 saturated heterocycles. The minimum Gasteiger partial charge on any atom is -0.0710 e. The lowest BCUT2D eigenvalue weighted by Gasteiger charge is -2.25. The summed E-state index contributed by atoms with van der Waals surface area (Å²) in [6.07, 6.45) is 13.5. The first-order valence-electron chi connectivity index (χ1n) is 7.97. The molecule has 0 aromatic rings. The molecule has 2 aliphatic carbocycles. The Hall–Kier alpha value is -0.190. The molecule has 1 atom stereocenters. The van der Waals surface area contributed by atoms with Crippen molar-refractivity contribution in [3.63, 3.8) is 0 Å². The summed E-state index contributed by atoms with van der Waals surface area (Å²) in [7, 11) is 0. The summed E-state index contributed by atoms with van der Waals surface area (Å²) in [5.74, 6) is 0. The lowest BCUT2D eigenvalue weighted by molar-refractivity contribution is 0.514. The van der Waals surface area contributed by atoms with Crippen molar-refractivity contribution in [3.8, 4) is 0 Å². The molecule has 23 heavy (non-hydrogen) atoms. The van der Waals surface area contributed by atoms with Crippen molar-refractivity contribution in [2.45, 2.75) is 45.5 Å². The molecular formula is C21H25I2+. The summed E-state index contributed by atoms with van der Waals surface area (Å²) in [5, 5.41) is 0. The molecule has 0 N–H and O–H groups in total. The molecule has 0 aliphatic heterocycles. The molecule has 0 nitrogen and oxygen atoms in total. The molecule has 2 rings (SSSR count). The van der Waals surface area contributed by atoms with Gasteiger partial charge in [-0.05, 0) is 60.4 Å². The highest BCUT2D eigenvalue weighted by Crippen LogP contribution is 2.39. The van der Waals surface area contributed by atoms with Crippen molar-refractivity contribution in [1.29, 1.82) is 0 Å². The van der Waals surface area contributed by atoms with Crippen molar-refractivity contribution >= 4 is 45.2 Å². The van der Waals surface area contributed by atoms with Gasteiger partial charge in [-0.3, -0.25) is 0 Å². The maximum atomic E-state index is 3.62. The smallest absolute Gasteiger partial charge is 0.0710 e. The van der Waals surface area contributed by atoms with Crippen LogP contribution in [0, 0.1) is 17.3 Å². The van der Waals surface area contributed by atoms with Crippen molar-refractivity contribution in [1.82, 2.24) is 0 Å². The Bertz CT molecular complexity index is 676. The van der Waals surface area contributed by atoms with Crippen LogP contribution in [0.25, 0.3) is 0 Å². The van der Waals surface area contributed by atoms with E-state index in [1.165, 1.54) is 20.3 Å². The van der Waals surface area contributed by atoms with Gasteiger partial charge in [-0.1, -0.05) is 49.4 Å². The molecule has 0 aromatic carbocycles. The molecule has 2 heteroatoms. The fourth-order valence-electron chi connectivity index (χ4n) is 2.44. The molecule has 1 unspecified atom stereocenters. The average Bonchev–Trinajstić information content (AvgIpc) is 2.41. The van der Waals surface area contributed by atoms with E-state index in [0.717, 1.165) is 5.57 Å². The molecule has 122 valence electrons. The summed E-state index contributed by atoms with van der Waals surface area (Å²) in [6.45, 7) is 13.6. The highest BCUT2D eigenvalue weighted by atomic mass is 127. The maximum absolute atomic E-state index is 3.62. The molecule has 0 heterocycles. The van der Waals surface area contributed by atoms with Crippen LogP contribution in [0.1, 0.15) is 41.5 Å². The van der Waals surface area contributed by atoms with Crippen molar-refractivity contribution in [3.05, 3.63) is 68.4 Å². The number of allylic oxidation sites excluding steroid dienone is 9. The predicted molar refractivity (Wildman–Crippen MR) is 119 cm³/mol. The van der Waals surface area contributed by atoms with Gasteiger partial charge >= 0.3 is 0 Å². The van der Waals surface area contributed by atoms with Gasteiger partial charge in [0.05, 0.1) is 9.50 Å². The predicted octanol–water partition coefficient (Wildman–Crippen LogP) is 7.29. The van der Waals surface area contributed by atoms with Crippen LogP contribution in [0.15, 0.2) is 62.0 Å². The summed E-state index contributed by atoms with van der Waals surface area (Å²) in [5.41, 5.74) is 9.22. The van der Waals surface area contributed by atoms with E-state index in [-0.39, 0.29) is 10.8 Å². The number of rotatable bonds is 0. The van der Waals surface area contributed by atoms with Gasteiger partial charge < -0.3 is 0 Å². The normalized spacial score (nSPS) is 22.1. The first kappa shape index (κ1) is 19.1. The van der Waals surface area contributed by atoms with E-state index in [1.807, 2.05) is 0 Å². The number of hydrogen-bond donors (Lipinski definition) is 0. The van der Waals surface area contributed by atoms with E-state index >= 15 is 0 Å². The van der Waals surface area contributed by atoms with Crippen LogP contribution in [0.4, 0.5) is 0 Å². The second kappa shape index (κ2) is 6.97. The molecule has 0 radical (unpaired) electrons. The number of hydrogen-bond acceptors (Lipinski definition) is 0. The fourth-order valence-corrected chi connectivity index (χ4v) is 4.72. The zero-order valence-electron chi connectivity index (χ0n) is 14.8. The van der Waals surface area contributed by atoms with E-state index < -0.39 is 0 Å².